The van der Waals surface area contributed by atoms with Crippen LogP contribution < -0.4 is 16.4 Å². The van der Waals surface area contributed by atoms with Gasteiger partial charge in [0.05, 0.1) is 6.54 Å². The van der Waals surface area contributed by atoms with Gasteiger partial charge in [0.2, 0.25) is 11.8 Å². The zero-order chi connectivity index (χ0) is 12.7. The number of hydrogen-bond acceptors (Lipinski definition) is 3. The fraction of sp³-hybridized carbons (Fsp3) is 0.333. The Morgan fingerprint density at radius 2 is 1.94 bits per heavy atom. The largest absolute Gasteiger partial charge is 0.368 e. The van der Waals surface area contributed by atoms with E-state index in [0.717, 1.165) is 5.56 Å². The lowest BCUT2D eigenvalue weighted by Crippen LogP contribution is -2.48. The third-order valence-corrected chi connectivity index (χ3v) is 2.30. The predicted octanol–water partition coefficient (Wildman–Crippen LogP) is -0.581. The van der Waals surface area contributed by atoms with Crippen molar-refractivity contribution in [3.8, 4) is 0 Å². The summed E-state index contributed by atoms with van der Waals surface area (Å²) in [6, 6.07) is 8.76. The van der Waals surface area contributed by atoms with Gasteiger partial charge >= 0.3 is 0 Å². The summed E-state index contributed by atoms with van der Waals surface area (Å²) >= 11 is 0. The van der Waals surface area contributed by atoms with Crippen molar-refractivity contribution in [3.05, 3.63) is 35.9 Å². The summed E-state index contributed by atoms with van der Waals surface area (Å²) < 4.78 is 0. The van der Waals surface area contributed by atoms with Gasteiger partial charge in [-0.2, -0.15) is 0 Å². The van der Waals surface area contributed by atoms with Gasteiger partial charge < -0.3 is 16.4 Å². The molecule has 5 heteroatoms. The van der Waals surface area contributed by atoms with E-state index in [9.17, 15) is 9.59 Å². The molecular formula is C12H17N3O2. The van der Waals surface area contributed by atoms with Crippen LogP contribution >= 0.6 is 0 Å². The molecule has 0 saturated heterocycles. The number of hydrogen-bond donors (Lipinski definition) is 3. The summed E-state index contributed by atoms with van der Waals surface area (Å²) in [6.07, 6.45) is 0.408. The maximum Gasteiger partial charge on any atom is 0.240 e. The summed E-state index contributed by atoms with van der Waals surface area (Å²) in [5.74, 6) is -0.773. The smallest absolute Gasteiger partial charge is 0.240 e. The van der Waals surface area contributed by atoms with Gasteiger partial charge in [-0.15, -0.1) is 0 Å². The molecular weight excluding hydrogens is 218 g/mol. The van der Waals surface area contributed by atoms with Crippen molar-refractivity contribution in [2.75, 3.05) is 13.6 Å². The molecule has 0 spiro atoms. The van der Waals surface area contributed by atoms with E-state index in [1.165, 1.54) is 0 Å². The van der Waals surface area contributed by atoms with Crippen LogP contribution in [0.3, 0.4) is 0 Å². The minimum Gasteiger partial charge on any atom is -0.368 e. The molecule has 1 aromatic rings. The molecule has 1 atom stereocenters. The SMILES string of the molecule is CNCC(=O)N[C@H](Cc1ccccc1)C(N)=O. The zero-order valence-corrected chi connectivity index (χ0v) is 9.77. The summed E-state index contributed by atoms with van der Waals surface area (Å²) in [6.45, 7) is 0.165. The molecule has 0 fully saturated rings. The minimum atomic E-state index is -0.668. The monoisotopic (exact) mass is 235 g/mol. The van der Waals surface area contributed by atoms with Crippen LogP contribution in [0.15, 0.2) is 30.3 Å². The van der Waals surface area contributed by atoms with Crippen LogP contribution in [0.5, 0.6) is 0 Å². The van der Waals surface area contributed by atoms with Gasteiger partial charge in [0.1, 0.15) is 6.04 Å². The number of rotatable bonds is 6. The number of primary amides is 1. The highest BCUT2D eigenvalue weighted by Crippen LogP contribution is 2.02. The zero-order valence-electron chi connectivity index (χ0n) is 9.77. The number of nitrogens with one attached hydrogen (secondary N) is 2. The number of likely N-dealkylation sites (N-methyl/N-ethyl adjacent to an activating group) is 1. The van der Waals surface area contributed by atoms with Crippen molar-refractivity contribution in [2.24, 2.45) is 5.73 Å². The first-order chi connectivity index (χ1) is 8.13. The molecule has 0 bridgehead atoms. The molecule has 0 saturated carbocycles. The number of carbonyl (C=O) groups excluding carboxylic acids is 2. The normalized spacial score (nSPS) is 11.8. The van der Waals surface area contributed by atoms with E-state index in [4.69, 9.17) is 5.73 Å². The quantitative estimate of drug-likeness (QED) is 0.616. The summed E-state index contributed by atoms with van der Waals surface area (Å²) in [7, 11) is 1.66. The first-order valence-electron chi connectivity index (χ1n) is 5.40. The minimum absolute atomic E-state index is 0.165. The van der Waals surface area contributed by atoms with Crippen molar-refractivity contribution in [2.45, 2.75) is 12.5 Å². The Morgan fingerprint density at radius 3 is 2.47 bits per heavy atom. The van der Waals surface area contributed by atoms with E-state index in [-0.39, 0.29) is 12.5 Å². The third-order valence-electron chi connectivity index (χ3n) is 2.30. The Balaban J connectivity index is 2.61. The van der Waals surface area contributed by atoms with Gasteiger partial charge in [0.15, 0.2) is 0 Å². The Morgan fingerprint density at radius 1 is 1.29 bits per heavy atom. The second-order valence-corrected chi connectivity index (χ2v) is 3.74. The average Bonchev–Trinajstić information content (AvgIpc) is 2.29. The van der Waals surface area contributed by atoms with E-state index < -0.39 is 11.9 Å². The maximum atomic E-state index is 11.4. The van der Waals surface area contributed by atoms with Crippen molar-refractivity contribution < 1.29 is 9.59 Å². The van der Waals surface area contributed by atoms with Gasteiger partial charge in [-0.3, -0.25) is 9.59 Å². The summed E-state index contributed by atoms with van der Waals surface area (Å²) in [4.78, 5) is 22.6. The molecule has 0 aliphatic carbocycles. The van der Waals surface area contributed by atoms with Gasteiger partial charge in [0, 0.05) is 6.42 Å². The van der Waals surface area contributed by atoms with Gasteiger partial charge in [-0.25, -0.2) is 0 Å². The lowest BCUT2D eigenvalue weighted by molar-refractivity contribution is -0.126. The maximum absolute atomic E-state index is 11.4. The Bertz CT molecular complexity index is 379. The number of carbonyl (C=O) groups is 2. The van der Waals surface area contributed by atoms with Crippen LogP contribution in [0.4, 0.5) is 0 Å². The summed E-state index contributed by atoms with van der Waals surface area (Å²) in [5, 5.41) is 5.30. The molecule has 0 radical (unpaired) electrons. The van der Waals surface area contributed by atoms with Crippen LogP contribution in [-0.4, -0.2) is 31.4 Å². The lowest BCUT2D eigenvalue weighted by Gasteiger charge is -2.15. The molecule has 1 rings (SSSR count). The standard InChI is InChI=1S/C12H17N3O2/c1-14-8-11(16)15-10(12(13)17)7-9-5-3-2-4-6-9/h2-6,10,14H,7-8H2,1H3,(H2,13,17)(H,15,16)/t10-/m1/s1. The summed E-state index contributed by atoms with van der Waals surface area (Å²) in [5.41, 5.74) is 6.21. The first-order valence-corrected chi connectivity index (χ1v) is 5.40. The molecule has 0 heterocycles. The third kappa shape index (κ3) is 4.65. The Kier molecular flexibility index (Phi) is 5.16. The molecule has 0 aliphatic heterocycles. The topological polar surface area (TPSA) is 84.2 Å². The van der Waals surface area contributed by atoms with E-state index in [0.29, 0.717) is 6.42 Å². The van der Waals surface area contributed by atoms with Crippen LogP contribution in [-0.2, 0) is 16.0 Å². The average molecular weight is 235 g/mol. The highest BCUT2D eigenvalue weighted by atomic mass is 16.2. The predicted molar refractivity (Wildman–Crippen MR) is 65.2 cm³/mol. The number of nitrogens with two attached hydrogens (primary N) is 1. The van der Waals surface area contributed by atoms with Crippen LogP contribution in [0, 0.1) is 0 Å². The van der Waals surface area contributed by atoms with Crippen LogP contribution in [0.1, 0.15) is 5.56 Å². The second kappa shape index (κ2) is 6.65. The molecule has 4 N–H and O–H groups in total. The Hall–Kier alpha value is -1.88. The fourth-order valence-corrected chi connectivity index (χ4v) is 1.48. The second-order valence-electron chi connectivity index (χ2n) is 3.74. The van der Waals surface area contributed by atoms with Crippen molar-refractivity contribution in [1.82, 2.24) is 10.6 Å². The molecule has 0 aliphatic rings. The fourth-order valence-electron chi connectivity index (χ4n) is 1.48. The van der Waals surface area contributed by atoms with Crippen molar-refractivity contribution in [3.63, 3.8) is 0 Å². The van der Waals surface area contributed by atoms with Gasteiger partial charge in [0.25, 0.3) is 0 Å². The van der Waals surface area contributed by atoms with E-state index in [1.807, 2.05) is 30.3 Å². The lowest BCUT2D eigenvalue weighted by atomic mass is 10.1. The molecule has 0 unspecified atom stereocenters. The van der Waals surface area contributed by atoms with Crippen LogP contribution in [0.25, 0.3) is 0 Å². The van der Waals surface area contributed by atoms with Gasteiger partial charge in [-0.1, -0.05) is 30.3 Å². The van der Waals surface area contributed by atoms with E-state index in [1.54, 1.807) is 7.05 Å². The highest BCUT2D eigenvalue weighted by Gasteiger charge is 2.17. The first kappa shape index (κ1) is 13.2. The van der Waals surface area contributed by atoms with Crippen LogP contribution in [0.2, 0.25) is 0 Å². The molecule has 2 amide bonds. The number of benzene rings is 1. The molecule has 0 aromatic heterocycles. The van der Waals surface area contributed by atoms with E-state index in [2.05, 4.69) is 10.6 Å². The molecule has 5 nitrogen and oxygen atoms in total. The number of amides is 2. The molecule has 1 aromatic carbocycles. The van der Waals surface area contributed by atoms with Crippen molar-refractivity contribution in [1.29, 1.82) is 0 Å². The highest BCUT2D eigenvalue weighted by molar-refractivity contribution is 5.87. The van der Waals surface area contributed by atoms with Crippen molar-refractivity contribution >= 4 is 11.8 Å². The molecule has 17 heavy (non-hydrogen) atoms. The van der Waals surface area contributed by atoms with Gasteiger partial charge in [-0.05, 0) is 12.6 Å². The molecule has 92 valence electrons. The Labute approximate surface area is 100 Å². The van der Waals surface area contributed by atoms with E-state index >= 15 is 0 Å².